The summed E-state index contributed by atoms with van der Waals surface area (Å²) >= 11 is 0. The van der Waals surface area contributed by atoms with Crippen LogP contribution in [0.1, 0.15) is 30.0 Å². The van der Waals surface area contributed by atoms with Gasteiger partial charge in [0.2, 0.25) is 0 Å². The molecule has 0 bridgehead atoms. The number of benzene rings is 2. The predicted molar refractivity (Wildman–Crippen MR) is 104 cm³/mol. The lowest BCUT2D eigenvalue weighted by atomic mass is 10.0. The number of nitrogens with one attached hydrogen (secondary N) is 1. The molecule has 0 saturated carbocycles. The average molecular weight is 366 g/mol. The van der Waals surface area contributed by atoms with Gasteiger partial charge in [0.15, 0.2) is 6.10 Å². The van der Waals surface area contributed by atoms with Gasteiger partial charge in [-0.05, 0) is 36.5 Å². The number of hydrogen-bond donors (Lipinski definition) is 2. The molecule has 5 heteroatoms. The number of aliphatic hydroxyl groups is 1. The van der Waals surface area contributed by atoms with Crippen molar-refractivity contribution in [2.75, 3.05) is 19.6 Å². The van der Waals surface area contributed by atoms with E-state index in [1.807, 2.05) is 48.5 Å². The second-order valence-corrected chi connectivity index (χ2v) is 7.43. The lowest BCUT2D eigenvalue weighted by Crippen LogP contribution is -2.45. The summed E-state index contributed by atoms with van der Waals surface area (Å²) in [5.41, 5.74) is 2.23. The molecule has 142 valence electrons. The molecule has 5 nitrogen and oxygen atoms in total. The molecule has 3 atom stereocenters. The minimum atomic E-state index is -0.463. The summed E-state index contributed by atoms with van der Waals surface area (Å²) in [6, 6.07) is 17.8. The summed E-state index contributed by atoms with van der Waals surface area (Å²) in [5, 5.41) is 13.0. The van der Waals surface area contributed by atoms with Gasteiger partial charge in [-0.1, -0.05) is 48.5 Å². The van der Waals surface area contributed by atoms with Crippen molar-refractivity contribution in [1.29, 1.82) is 0 Å². The Hall–Kier alpha value is -2.37. The number of β-amino-alcohol motifs (C(OH)–C–C–N with tert-alkyl or cyclic N) is 1. The maximum Gasteiger partial charge on any atom is 0.261 e. The van der Waals surface area contributed by atoms with Gasteiger partial charge in [-0.15, -0.1) is 0 Å². The molecular formula is C22H26N2O3. The van der Waals surface area contributed by atoms with Gasteiger partial charge in [-0.3, -0.25) is 9.69 Å². The van der Waals surface area contributed by atoms with Gasteiger partial charge in [0.05, 0.1) is 12.1 Å². The van der Waals surface area contributed by atoms with Crippen LogP contribution in [0.5, 0.6) is 5.75 Å². The number of aryl methyl sites for hydroxylation is 1. The van der Waals surface area contributed by atoms with Crippen LogP contribution in [0.25, 0.3) is 0 Å². The molecule has 1 fully saturated rings. The fourth-order valence-corrected chi connectivity index (χ4v) is 3.93. The second kappa shape index (κ2) is 8.11. The third-order valence-corrected chi connectivity index (χ3v) is 5.42. The number of rotatable bonds is 5. The highest BCUT2D eigenvalue weighted by molar-refractivity contribution is 5.82. The SMILES string of the molecule is O=C(NC(CN1CCC(O)C1)c1ccccc1)C1CCc2ccccc2O1. The van der Waals surface area contributed by atoms with Crippen LogP contribution >= 0.6 is 0 Å². The molecule has 0 aromatic heterocycles. The van der Waals surface area contributed by atoms with Crippen LogP contribution in [0.15, 0.2) is 54.6 Å². The maximum absolute atomic E-state index is 12.9. The van der Waals surface area contributed by atoms with Gasteiger partial charge in [0.1, 0.15) is 5.75 Å². The van der Waals surface area contributed by atoms with Crippen molar-refractivity contribution in [2.24, 2.45) is 0 Å². The molecule has 1 amide bonds. The molecule has 3 unspecified atom stereocenters. The lowest BCUT2D eigenvalue weighted by molar-refractivity contribution is -0.129. The van der Waals surface area contributed by atoms with E-state index in [0.717, 1.165) is 36.3 Å². The average Bonchev–Trinajstić information content (AvgIpc) is 3.12. The van der Waals surface area contributed by atoms with E-state index in [0.29, 0.717) is 19.5 Å². The Kier molecular flexibility index (Phi) is 5.41. The van der Waals surface area contributed by atoms with Crippen molar-refractivity contribution in [1.82, 2.24) is 10.2 Å². The van der Waals surface area contributed by atoms with E-state index in [1.54, 1.807) is 0 Å². The topological polar surface area (TPSA) is 61.8 Å². The van der Waals surface area contributed by atoms with Gasteiger partial charge in [0, 0.05) is 19.6 Å². The number of amides is 1. The van der Waals surface area contributed by atoms with E-state index in [-0.39, 0.29) is 18.1 Å². The number of likely N-dealkylation sites (tertiary alicyclic amines) is 1. The normalized spacial score (nSPS) is 23.3. The van der Waals surface area contributed by atoms with Crippen molar-refractivity contribution in [3.05, 3.63) is 65.7 Å². The molecule has 0 radical (unpaired) electrons. The molecule has 2 aliphatic rings. The van der Waals surface area contributed by atoms with E-state index in [2.05, 4.69) is 16.3 Å². The van der Waals surface area contributed by atoms with E-state index >= 15 is 0 Å². The minimum absolute atomic E-state index is 0.0712. The van der Waals surface area contributed by atoms with Crippen LogP contribution in [0, 0.1) is 0 Å². The third kappa shape index (κ3) is 4.31. The molecule has 0 spiro atoms. The van der Waals surface area contributed by atoms with Crippen molar-refractivity contribution in [3.63, 3.8) is 0 Å². The largest absolute Gasteiger partial charge is 0.480 e. The Labute approximate surface area is 160 Å². The molecule has 2 heterocycles. The first-order chi connectivity index (χ1) is 13.2. The highest BCUT2D eigenvalue weighted by Crippen LogP contribution is 2.27. The Morgan fingerprint density at radius 2 is 1.93 bits per heavy atom. The summed E-state index contributed by atoms with van der Waals surface area (Å²) in [5.74, 6) is 0.737. The summed E-state index contributed by atoms with van der Waals surface area (Å²) in [4.78, 5) is 15.1. The van der Waals surface area contributed by atoms with E-state index in [4.69, 9.17) is 4.74 Å². The predicted octanol–water partition coefficient (Wildman–Crippen LogP) is 2.30. The standard InChI is InChI=1S/C22H26N2O3/c25-18-12-13-24(14-18)15-19(16-6-2-1-3-7-16)23-22(26)21-11-10-17-8-4-5-9-20(17)27-21/h1-9,18-19,21,25H,10-15H2,(H,23,26). The number of para-hydroxylation sites is 1. The first kappa shape index (κ1) is 18.0. The zero-order valence-corrected chi connectivity index (χ0v) is 15.4. The molecule has 1 saturated heterocycles. The van der Waals surface area contributed by atoms with Crippen LogP contribution in [-0.4, -0.2) is 47.8 Å². The first-order valence-electron chi connectivity index (χ1n) is 9.69. The molecule has 0 aliphatic carbocycles. The molecular weight excluding hydrogens is 340 g/mol. The number of carbonyl (C=O) groups is 1. The van der Waals surface area contributed by atoms with Gasteiger partial charge in [0.25, 0.3) is 5.91 Å². The van der Waals surface area contributed by atoms with Crippen molar-refractivity contribution in [2.45, 2.75) is 37.5 Å². The Morgan fingerprint density at radius 3 is 2.70 bits per heavy atom. The monoisotopic (exact) mass is 366 g/mol. The highest BCUT2D eigenvalue weighted by atomic mass is 16.5. The van der Waals surface area contributed by atoms with Crippen molar-refractivity contribution < 1.29 is 14.6 Å². The van der Waals surface area contributed by atoms with Crippen LogP contribution in [-0.2, 0) is 11.2 Å². The summed E-state index contributed by atoms with van der Waals surface area (Å²) in [7, 11) is 0. The fourth-order valence-electron chi connectivity index (χ4n) is 3.93. The zero-order chi connectivity index (χ0) is 18.6. The van der Waals surface area contributed by atoms with Crippen LogP contribution in [0.3, 0.4) is 0 Å². The summed E-state index contributed by atoms with van der Waals surface area (Å²) < 4.78 is 5.95. The number of hydrogen-bond acceptors (Lipinski definition) is 4. The molecule has 2 aromatic carbocycles. The molecule has 2 aliphatic heterocycles. The molecule has 2 aromatic rings. The Morgan fingerprint density at radius 1 is 1.15 bits per heavy atom. The second-order valence-electron chi connectivity index (χ2n) is 7.43. The first-order valence-corrected chi connectivity index (χ1v) is 9.69. The Balaban J connectivity index is 1.45. The maximum atomic E-state index is 12.9. The number of fused-ring (bicyclic) bond motifs is 1. The molecule has 27 heavy (non-hydrogen) atoms. The van der Waals surface area contributed by atoms with Gasteiger partial charge in [-0.2, -0.15) is 0 Å². The van der Waals surface area contributed by atoms with Crippen molar-refractivity contribution >= 4 is 5.91 Å². The fraction of sp³-hybridized carbons (Fsp3) is 0.409. The quantitative estimate of drug-likeness (QED) is 0.852. The lowest BCUT2D eigenvalue weighted by Gasteiger charge is -2.29. The van der Waals surface area contributed by atoms with Gasteiger partial charge >= 0.3 is 0 Å². The third-order valence-electron chi connectivity index (χ3n) is 5.42. The number of carbonyl (C=O) groups excluding carboxylic acids is 1. The number of ether oxygens (including phenoxy) is 1. The van der Waals surface area contributed by atoms with Crippen LogP contribution in [0.4, 0.5) is 0 Å². The summed E-state index contributed by atoms with van der Waals surface area (Å²) in [6.45, 7) is 2.20. The minimum Gasteiger partial charge on any atom is -0.480 e. The number of nitrogens with zero attached hydrogens (tertiary/aromatic N) is 1. The highest BCUT2D eigenvalue weighted by Gasteiger charge is 2.30. The van der Waals surface area contributed by atoms with E-state index in [9.17, 15) is 9.90 Å². The van der Waals surface area contributed by atoms with Crippen molar-refractivity contribution in [3.8, 4) is 5.75 Å². The molecule has 4 rings (SSSR count). The van der Waals surface area contributed by atoms with Gasteiger partial charge in [-0.25, -0.2) is 0 Å². The number of aliphatic hydroxyl groups excluding tert-OH is 1. The van der Waals surface area contributed by atoms with Crippen LogP contribution in [0.2, 0.25) is 0 Å². The smallest absolute Gasteiger partial charge is 0.261 e. The van der Waals surface area contributed by atoms with E-state index in [1.165, 1.54) is 0 Å². The summed E-state index contributed by atoms with van der Waals surface area (Å²) in [6.07, 6.45) is 1.60. The van der Waals surface area contributed by atoms with E-state index < -0.39 is 6.10 Å². The zero-order valence-electron chi connectivity index (χ0n) is 15.4. The molecule has 2 N–H and O–H groups in total. The van der Waals surface area contributed by atoms with Crippen LogP contribution < -0.4 is 10.1 Å². The van der Waals surface area contributed by atoms with Gasteiger partial charge < -0.3 is 15.2 Å². The Bertz CT molecular complexity index is 780.